The summed E-state index contributed by atoms with van der Waals surface area (Å²) in [7, 11) is 0. The van der Waals surface area contributed by atoms with Crippen molar-refractivity contribution in [3.05, 3.63) is 34.9 Å². The van der Waals surface area contributed by atoms with Gasteiger partial charge in [-0.3, -0.25) is 4.79 Å². The number of nitrogens with two attached hydrogens (primary N) is 1. The average molecular weight is 317 g/mol. The maximum Gasteiger partial charge on any atom is 0.277 e. The van der Waals surface area contributed by atoms with Crippen molar-refractivity contribution in [3.8, 4) is 0 Å². The number of amides is 1. The maximum absolute atomic E-state index is 13.5. The fourth-order valence-electron chi connectivity index (χ4n) is 1.28. The third-order valence-electron chi connectivity index (χ3n) is 2.15. The summed E-state index contributed by atoms with van der Waals surface area (Å²) in [5.74, 6) is -0.701. The van der Waals surface area contributed by atoms with Gasteiger partial charge in [-0.2, -0.15) is 0 Å². The van der Waals surface area contributed by atoms with E-state index in [0.29, 0.717) is 0 Å². The van der Waals surface area contributed by atoms with Gasteiger partial charge in [0.15, 0.2) is 0 Å². The van der Waals surface area contributed by atoms with Gasteiger partial charge in [0.25, 0.3) is 5.22 Å². The Morgan fingerprint density at radius 1 is 1.50 bits per heavy atom. The molecule has 0 aliphatic rings. The molecule has 9 heteroatoms. The van der Waals surface area contributed by atoms with Gasteiger partial charge in [-0.05, 0) is 18.2 Å². The standard InChI is InChI=1S/C11H10ClFN4O2S/c12-6-1-2-8(7(13)3-6)15-9(18)5-20-11-17-16-10(4-14)19-11/h1-3H,4-5,14H2,(H,15,18). The Bertz CT molecular complexity index is 622. The Balaban J connectivity index is 1.89. The molecular formula is C11H10ClFN4O2S. The van der Waals surface area contributed by atoms with E-state index in [1.54, 1.807) is 0 Å². The molecule has 1 amide bonds. The molecule has 1 aromatic heterocycles. The highest BCUT2D eigenvalue weighted by atomic mass is 35.5. The fourth-order valence-corrected chi connectivity index (χ4v) is 2.02. The second-order valence-electron chi connectivity index (χ2n) is 3.63. The molecule has 3 N–H and O–H groups in total. The summed E-state index contributed by atoms with van der Waals surface area (Å²) >= 11 is 6.65. The number of thioether (sulfide) groups is 1. The number of carbonyl (C=O) groups is 1. The van der Waals surface area contributed by atoms with E-state index in [1.807, 2.05) is 0 Å². The number of aromatic nitrogens is 2. The highest BCUT2D eigenvalue weighted by Gasteiger charge is 2.11. The van der Waals surface area contributed by atoms with Gasteiger partial charge in [0.2, 0.25) is 11.8 Å². The molecular weight excluding hydrogens is 307 g/mol. The normalized spacial score (nSPS) is 10.6. The minimum absolute atomic E-state index is 0.00821. The van der Waals surface area contributed by atoms with Crippen LogP contribution in [0.15, 0.2) is 27.8 Å². The van der Waals surface area contributed by atoms with Crippen LogP contribution in [0, 0.1) is 5.82 Å². The smallest absolute Gasteiger partial charge is 0.277 e. The largest absolute Gasteiger partial charge is 0.415 e. The molecule has 0 atom stereocenters. The fraction of sp³-hybridized carbons (Fsp3) is 0.182. The number of rotatable bonds is 5. The second kappa shape index (κ2) is 6.69. The zero-order valence-electron chi connectivity index (χ0n) is 10.1. The Kier molecular flexibility index (Phi) is 4.94. The first-order valence-electron chi connectivity index (χ1n) is 5.48. The molecule has 0 unspecified atom stereocenters. The van der Waals surface area contributed by atoms with Crippen molar-refractivity contribution in [3.63, 3.8) is 0 Å². The van der Waals surface area contributed by atoms with Crippen molar-refractivity contribution in [1.29, 1.82) is 0 Å². The molecule has 0 aliphatic heterocycles. The summed E-state index contributed by atoms with van der Waals surface area (Å²) in [4.78, 5) is 11.7. The summed E-state index contributed by atoms with van der Waals surface area (Å²) in [6.07, 6.45) is 0. The van der Waals surface area contributed by atoms with Crippen LogP contribution in [0.25, 0.3) is 0 Å². The van der Waals surface area contributed by atoms with Crippen molar-refractivity contribution >= 4 is 35.0 Å². The summed E-state index contributed by atoms with van der Waals surface area (Å²) in [5.41, 5.74) is 5.38. The molecule has 2 rings (SSSR count). The van der Waals surface area contributed by atoms with Gasteiger partial charge in [0.05, 0.1) is 18.0 Å². The van der Waals surface area contributed by atoms with E-state index in [-0.39, 0.29) is 34.1 Å². The van der Waals surface area contributed by atoms with Gasteiger partial charge in [0.1, 0.15) is 5.82 Å². The third-order valence-corrected chi connectivity index (χ3v) is 3.21. The lowest BCUT2D eigenvalue weighted by Gasteiger charge is -2.05. The Labute approximate surface area is 122 Å². The maximum atomic E-state index is 13.5. The minimum atomic E-state index is -0.598. The van der Waals surface area contributed by atoms with E-state index in [9.17, 15) is 9.18 Å². The molecule has 6 nitrogen and oxygen atoms in total. The van der Waals surface area contributed by atoms with Crippen LogP contribution in [0.4, 0.5) is 10.1 Å². The van der Waals surface area contributed by atoms with Gasteiger partial charge >= 0.3 is 0 Å². The number of hydrogen-bond donors (Lipinski definition) is 2. The van der Waals surface area contributed by atoms with Gasteiger partial charge < -0.3 is 15.5 Å². The molecule has 0 saturated heterocycles. The van der Waals surface area contributed by atoms with Crippen molar-refractivity contribution in [1.82, 2.24) is 10.2 Å². The van der Waals surface area contributed by atoms with Crippen LogP contribution in [0.1, 0.15) is 5.89 Å². The summed E-state index contributed by atoms with van der Waals surface area (Å²) in [5, 5.41) is 10.3. The lowest BCUT2D eigenvalue weighted by molar-refractivity contribution is -0.113. The van der Waals surface area contributed by atoms with Gasteiger partial charge in [-0.1, -0.05) is 23.4 Å². The van der Waals surface area contributed by atoms with E-state index in [4.69, 9.17) is 21.8 Å². The van der Waals surface area contributed by atoms with Crippen LogP contribution in [-0.4, -0.2) is 21.9 Å². The molecule has 2 aromatic rings. The summed E-state index contributed by atoms with van der Waals surface area (Å²) < 4.78 is 18.6. The number of anilines is 1. The van der Waals surface area contributed by atoms with Crippen molar-refractivity contribution in [2.75, 3.05) is 11.1 Å². The molecule has 0 aliphatic carbocycles. The number of nitrogens with one attached hydrogen (secondary N) is 1. The first-order chi connectivity index (χ1) is 9.58. The van der Waals surface area contributed by atoms with E-state index >= 15 is 0 Å². The topological polar surface area (TPSA) is 94.0 Å². The number of halogens is 2. The SMILES string of the molecule is NCc1nnc(SCC(=O)Nc2ccc(Cl)cc2F)o1. The van der Waals surface area contributed by atoms with Gasteiger partial charge in [0, 0.05) is 5.02 Å². The van der Waals surface area contributed by atoms with E-state index in [0.717, 1.165) is 17.8 Å². The van der Waals surface area contributed by atoms with Gasteiger partial charge in [-0.15, -0.1) is 10.2 Å². The predicted octanol–water partition coefficient (Wildman–Crippen LogP) is 2.05. The van der Waals surface area contributed by atoms with Crippen LogP contribution >= 0.6 is 23.4 Å². The molecule has 0 spiro atoms. The first kappa shape index (κ1) is 14.8. The molecule has 0 fully saturated rings. The average Bonchev–Trinajstić information content (AvgIpc) is 2.88. The quantitative estimate of drug-likeness (QED) is 0.820. The van der Waals surface area contributed by atoms with E-state index < -0.39 is 11.7 Å². The van der Waals surface area contributed by atoms with Crippen molar-refractivity contribution in [2.24, 2.45) is 5.73 Å². The van der Waals surface area contributed by atoms with Crippen LogP contribution in [-0.2, 0) is 11.3 Å². The molecule has 1 aromatic carbocycles. The van der Waals surface area contributed by atoms with Crippen LogP contribution < -0.4 is 11.1 Å². The molecule has 0 radical (unpaired) electrons. The number of nitrogens with zero attached hydrogens (tertiary/aromatic N) is 2. The number of benzene rings is 1. The third kappa shape index (κ3) is 3.92. The number of hydrogen-bond acceptors (Lipinski definition) is 6. The zero-order chi connectivity index (χ0) is 14.5. The lowest BCUT2D eigenvalue weighted by atomic mass is 10.3. The summed E-state index contributed by atoms with van der Waals surface area (Å²) in [6, 6.07) is 3.99. The second-order valence-corrected chi connectivity index (χ2v) is 4.99. The van der Waals surface area contributed by atoms with Crippen LogP contribution in [0.3, 0.4) is 0 Å². The first-order valence-corrected chi connectivity index (χ1v) is 6.85. The molecule has 1 heterocycles. The van der Waals surface area contributed by atoms with Gasteiger partial charge in [-0.25, -0.2) is 4.39 Å². The molecule has 0 bridgehead atoms. The highest BCUT2D eigenvalue weighted by molar-refractivity contribution is 7.99. The van der Waals surface area contributed by atoms with Crippen LogP contribution in [0.5, 0.6) is 0 Å². The Morgan fingerprint density at radius 3 is 2.95 bits per heavy atom. The summed E-state index contributed by atoms with van der Waals surface area (Å²) in [6.45, 7) is 0.135. The molecule has 106 valence electrons. The van der Waals surface area contributed by atoms with E-state index in [2.05, 4.69) is 15.5 Å². The lowest BCUT2D eigenvalue weighted by Crippen LogP contribution is -2.15. The zero-order valence-corrected chi connectivity index (χ0v) is 11.7. The molecule has 0 saturated carbocycles. The minimum Gasteiger partial charge on any atom is -0.415 e. The Hall–Kier alpha value is -1.64. The van der Waals surface area contributed by atoms with E-state index in [1.165, 1.54) is 12.1 Å². The van der Waals surface area contributed by atoms with Crippen molar-refractivity contribution in [2.45, 2.75) is 11.8 Å². The van der Waals surface area contributed by atoms with Crippen LogP contribution in [0.2, 0.25) is 5.02 Å². The monoisotopic (exact) mass is 316 g/mol. The Morgan fingerprint density at radius 2 is 2.30 bits per heavy atom. The highest BCUT2D eigenvalue weighted by Crippen LogP contribution is 2.20. The van der Waals surface area contributed by atoms with Crippen molar-refractivity contribution < 1.29 is 13.6 Å². The number of carbonyl (C=O) groups excluding carboxylic acids is 1. The predicted molar refractivity (Wildman–Crippen MR) is 73.0 cm³/mol. The molecule has 20 heavy (non-hydrogen) atoms.